The van der Waals surface area contributed by atoms with Gasteiger partial charge in [0.1, 0.15) is 0 Å². The van der Waals surface area contributed by atoms with E-state index in [2.05, 4.69) is 27.1 Å². The van der Waals surface area contributed by atoms with Crippen LogP contribution in [-0.4, -0.2) is 63.5 Å². The first-order valence-electron chi connectivity index (χ1n) is 10.1. The van der Waals surface area contributed by atoms with Crippen LogP contribution in [0.3, 0.4) is 0 Å². The fraction of sp³-hybridized carbons (Fsp3) is 0.409. The molecule has 1 aliphatic rings. The molecule has 4 rings (SSSR count). The van der Waals surface area contributed by atoms with Crippen molar-refractivity contribution in [2.75, 3.05) is 33.2 Å². The van der Waals surface area contributed by atoms with Crippen LogP contribution in [0.2, 0.25) is 5.02 Å². The summed E-state index contributed by atoms with van der Waals surface area (Å²) in [5.74, 6) is 0.437. The van der Waals surface area contributed by atoms with Gasteiger partial charge in [0.05, 0.1) is 0 Å². The van der Waals surface area contributed by atoms with Crippen molar-refractivity contribution in [3.05, 3.63) is 65.1 Å². The molecule has 1 atom stereocenters. The molecule has 0 saturated carbocycles. The van der Waals surface area contributed by atoms with Crippen molar-refractivity contribution in [2.24, 2.45) is 5.92 Å². The Morgan fingerprint density at radius 1 is 1.31 bits per heavy atom. The van der Waals surface area contributed by atoms with E-state index >= 15 is 0 Å². The minimum absolute atomic E-state index is 0.0474. The molecule has 3 heterocycles. The number of amides is 1. The Bertz CT molecular complexity index is 938. The fourth-order valence-corrected chi connectivity index (χ4v) is 4.17. The molecule has 152 valence electrons. The zero-order valence-electron chi connectivity index (χ0n) is 16.7. The van der Waals surface area contributed by atoms with Crippen molar-refractivity contribution in [3.8, 4) is 0 Å². The van der Waals surface area contributed by atoms with Crippen molar-refractivity contribution in [2.45, 2.75) is 19.3 Å². The minimum atomic E-state index is -0.0474. The third-order valence-corrected chi connectivity index (χ3v) is 5.82. The molecule has 1 aliphatic heterocycles. The van der Waals surface area contributed by atoms with Gasteiger partial charge < -0.3 is 9.80 Å². The van der Waals surface area contributed by atoms with Crippen LogP contribution in [0.5, 0.6) is 0 Å². The Morgan fingerprint density at radius 2 is 2.14 bits per heavy atom. The van der Waals surface area contributed by atoms with E-state index in [1.807, 2.05) is 19.2 Å². The molecule has 2 aromatic heterocycles. The van der Waals surface area contributed by atoms with E-state index in [0.29, 0.717) is 17.3 Å². The first-order chi connectivity index (χ1) is 14.1. The number of hydrogen-bond donors (Lipinski definition) is 0. The average Bonchev–Trinajstić information content (AvgIpc) is 3.17. The number of rotatable bonds is 6. The maximum atomic E-state index is 12.8. The molecule has 1 fully saturated rings. The molecule has 1 saturated heterocycles. The van der Waals surface area contributed by atoms with Crippen LogP contribution in [0, 0.1) is 5.92 Å². The SMILES string of the molecule is CN(C[C@@H]1CCCN(CCc2ccc(Cl)cc2)C1)C(=O)c1cc2ncccn2n1. The Hall–Kier alpha value is -2.44. The summed E-state index contributed by atoms with van der Waals surface area (Å²) in [7, 11) is 1.87. The number of aromatic nitrogens is 3. The molecule has 0 bridgehead atoms. The third kappa shape index (κ3) is 4.95. The van der Waals surface area contributed by atoms with Crippen molar-refractivity contribution in [3.63, 3.8) is 0 Å². The lowest BCUT2D eigenvalue weighted by Crippen LogP contribution is -2.42. The highest BCUT2D eigenvalue weighted by Gasteiger charge is 2.24. The zero-order valence-corrected chi connectivity index (χ0v) is 17.4. The molecule has 0 N–H and O–H groups in total. The Labute approximate surface area is 176 Å². The van der Waals surface area contributed by atoms with E-state index in [-0.39, 0.29) is 5.91 Å². The summed E-state index contributed by atoms with van der Waals surface area (Å²) in [6.45, 7) is 3.93. The van der Waals surface area contributed by atoms with E-state index in [9.17, 15) is 4.79 Å². The van der Waals surface area contributed by atoms with Gasteiger partial charge >= 0.3 is 0 Å². The molecule has 1 aromatic carbocycles. The van der Waals surface area contributed by atoms with E-state index in [4.69, 9.17) is 11.6 Å². The second-order valence-corrected chi connectivity index (χ2v) is 8.26. The van der Waals surface area contributed by atoms with Gasteiger partial charge in [0.25, 0.3) is 5.91 Å². The van der Waals surface area contributed by atoms with Crippen LogP contribution >= 0.6 is 11.6 Å². The lowest BCUT2D eigenvalue weighted by Gasteiger charge is -2.34. The summed E-state index contributed by atoms with van der Waals surface area (Å²) in [5.41, 5.74) is 2.45. The number of hydrogen-bond acceptors (Lipinski definition) is 4. The summed E-state index contributed by atoms with van der Waals surface area (Å²) in [6.07, 6.45) is 6.86. The number of halogens is 1. The van der Waals surface area contributed by atoms with E-state index in [1.165, 1.54) is 12.0 Å². The largest absolute Gasteiger partial charge is 0.340 e. The van der Waals surface area contributed by atoms with Gasteiger partial charge in [0.15, 0.2) is 11.3 Å². The fourth-order valence-electron chi connectivity index (χ4n) is 4.04. The summed E-state index contributed by atoms with van der Waals surface area (Å²) < 4.78 is 1.64. The molecular weight excluding hydrogens is 386 g/mol. The van der Waals surface area contributed by atoms with Crippen molar-refractivity contribution in [1.29, 1.82) is 0 Å². The number of carbonyl (C=O) groups is 1. The molecule has 1 amide bonds. The summed E-state index contributed by atoms with van der Waals surface area (Å²) in [4.78, 5) is 21.4. The number of piperidine rings is 1. The molecule has 29 heavy (non-hydrogen) atoms. The zero-order chi connectivity index (χ0) is 20.2. The Morgan fingerprint density at radius 3 is 2.93 bits per heavy atom. The predicted octanol–water partition coefficient (Wildman–Crippen LogP) is 3.41. The van der Waals surface area contributed by atoms with E-state index < -0.39 is 0 Å². The maximum Gasteiger partial charge on any atom is 0.274 e. The highest BCUT2D eigenvalue weighted by atomic mass is 35.5. The second-order valence-electron chi connectivity index (χ2n) is 7.82. The van der Waals surface area contributed by atoms with Crippen LogP contribution in [-0.2, 0) is 6.42 Å². The van der Waals surface area contributed by atoms with Crippen molar-refractivity contribution in [1.82, 2.24) is 24.4 Å². The van der Waals surface area contributed by atoms with Gasteiger partial charge in [0, 0.05) is 50.2 Å². The van der Waals surface area contributed by atoms with Crippen LogP contribution in [0.4, 0.5) is 0 Å². The van der Waals surface area contributed by atoms with Gasteiger partial charge in [-0.15, -0.1) is 0 Å². The maximum absolute atomic E-state index is 12.8. The first kappa shape index (κ1) is 19.9. The van der Waals surface area contributed by atoms with Gasteiger partial charge in [-0.2, -0.15) is 5.10 Å². The normalized spacial score (nSPS) is 17.5. The summed E-state index contributed by atoms with van der Waals surface area (Å²) in [5, 5.41) is 5.13. The quantitative estimate of drug-likeness (QED) is 0.623. The van der Waals surface area contributed by atoms with Gasteiger partial charge in [-0.3, -0.25) is 4.79 Å². The number of benzene rings is 1. The Balaban J connectivity index is 1.31. The molecular formula is C22H26ClN5O. The topological polar surface area (TPSA) is 53.7 Å². The minimum Gasteiger partial charge on any atom is -0.340 e. The van der Waals surface area contributed by atoms with Gasteiger partial charge in [-0.1, -0.05) is 23.7 Å². The monoisotopic (exact) mass is 411 g/mol. The van der Waals surface area contributed by atoms with Crippen molar-refractivity contribution >= 4 is 23.2 Å². The second kappa shape index (κ2) is 8.93. The van der Waals surface area contributed by atoms with E-state index in [1.54, 1.807) is 33.9 Å². The first-order valence-corrected chi connectivity index (χ1v) is 10.5. The van der Waals surface area contributed by atoms with Gasteiger partial charge in [0.2, 0.25) is 0 Å². The molecule has 0 aliphatic carbocycles. The molecule has 6 nitrogen and oxygen atoms in total. The van der Waals surface area contributed by atoms with Crippen LogP contribution in [0.25, 0.3) is 5.65 Å². The standard InChI is InChI=1S/C22H26ClN5O/c1-26(22(29)20-14-21-24-10-3-12-28(21)25-20)15-18-4-2-11-27(16-18)13-9-17-5-7-19(23)8-6-17/h3,5-8,10,12,14,18H,2,4,9,11,13,15-16H2,1H3/t18-/m0/s1. The van der Waals surface area contributed by atoms with Gasteiger partial charge in [-0.05, 0) is 55.5 Å². The molecule has 0 unspecified atom stereocenters. The molecule has 0 spiro atoms. The van der Waals surface area contributed by atoms with Gasteiger partial charge in [-0.25, -0.2) is 9.50 Å². The van der Waals surface area contributed by atoms with E-state index in [0.717, 1.165) is 44.0 Å². The summed E-state index contributed by atoms with van der Waals surface area (Å²) >= 11 is 5.97. The number of likely N-dealkylation sites (tertiary alicyclic amines) is 1. The average molecular weight is 412 g/mol. The van der Waals surface area contributed by atoms with Crippen LogP contribution < -0.4 is 0 Å². The highest BCUT2D eigenvalue weighted by molar-refractivity contribution is 6.30. The Kier molecular flexibility index (Phi) is 6.11. The number of nitrogens with zero attached hydrogens (tertiary/aromatic N) is 5. The number of carbonyl (C=O) groups excluding carboxylic acids is 1. The highest BCUT2D eigenvalue weighted by Crippen LogP contribution is 2.19. The molecule has 7 heteroatoms. The lowest BCUT2D eigenvalue weighted by molar-refractivity contribution is 0.0724. The van der Waals surface area contributed by atoms with Crippen LogP contribution in [0.1, 0.15) is 28.9 Å². The third-order valence-electron chi connectivity index (χ3n) is 5.57. The molecule has 3 aromatic rings. The van der Waals surface area contributed by atoms with Crippen molar-refractivity contribution < 1.29 is 4.79 Å². The smallest absolute Gasteiger partial charge is 0.274 e. The number of fused-ring (bicyclic) bond motifs is 1. The molecule has 0 radical (unpaired) electrons. The predicted molar refractivity (Wildman–Crippen MR) is 114 cm³/mol. The lowest BCUT2D eigenvalue weighted by atomic mass is 9.97. The van der Waals surface area contributed by atoms with Crippen LogP contribution in [0.15, 0.2) is 48.8 Å². The summed E-state index contributed by atoms with van der Waals surface area (Å²) in [6, 6.07) is 11.6.